The largest absolute Gasteiger partial charge is 0.481 e. The van der Waals surface area contributed by atoms with E-state index < -0.39 is 10.4 Å². The van der Waals surface area contributed by atoms with Crippen LogP contribution in [0.15, 0.2) is 72.3 Å². The van der Waals surface area contributed by atoms with Crippen LogP contribution in [0.1, 0.15) is 0 Å². The Labute approximate surface area is 175 Å². The van der Waals surface area contributed by atoms with Crippen LogP contribution in [0.25, 0.3) is 22.5 Å². The molecule has 1 aromatic heterocycles. The summed E-state index contributed by atoms with van der Waals surface area (Å²) in [5.41, 5.74) is 5.79. The van der Waals surface area contributed by atoms with Gasteiger partial charge in [0.05, 0.1) is 12.6 Å². The lowest BCUT2D eigenvalue weighted by Gasteiger charge is -2.05. The Bertz CT molecular complexity index is 994. The zero-order chi connectivity index (χ0) is 21.4. The average Bonchev–Trinajstić information content (AvgIpc) is 2.92. The van der Waals surface area contributed by atoms with Crippen molar-refractivity contribution in [3.05, 3.63) is 72.3 Å². The summed E-state index contributed by atoms with van der Waals surface area (Å²) in [6.45, 7) is 0.424. The lowest BCUT2D eigenvalue weighted by atomic mass is 10.1. The molecule has 0 spiro atoms. The average molecular weight is 438 g/mol. The van der Waals surface area contributed by atoms with Gasteiger partial charge in [0.2, 0.25) is 5.75 Å². The Morgan fingerprint density at radius 2 is 1.52 bits per heavy atom. The fraction of sp³-hybridized carbons (Fsp3) is 0.150. The molecule has 0 fully saturated rings. The molecule has 0 bridgehead atoms. The van der Waals surface area contributed by atoms with Crippen molar-refractivity contribution in [1.82, 2.24) is 4.68 Å². The molecule has 2 N–H and O–H groups in total. The summed E-state index contributed by atoms with van der Waals surface area (Å²) >= 11 is 5.65. The Hall–Kier alpha value is -2.65. The second-order valence-corrected chi connectivity index (χ2v) is 7.07. The number of rotatable bonds is 5. The molecule has 0 amide bonds. The first-order valence-corrected chi connectivity index (χ1v) is 10.3. The van der Waals surface area contributed by atoms with E-state index in [1.807, 2.05) is 50.5 Å². The maximum absolute atomic E-state index is 8.74. The maximum atomic E-state index is 8.74. The molecular formula is C20H22ClN2O5S+. The van der Waals surface area contributed by atoms with Gasteiger partial charge in [-0.05, 0) is 18.2 Å². The number of ether oxygens (including phenoxy) is 1. The first-order chi connectivity index (χ1) is 13.7. The molecule has 0 aliphatic rings. The van der Waals surface area contributed by atoms with E-state index in [1.165, 1.54) is 5.54 Å². The minimum absolute atomic E-state index is 0.424. The minimum atomic E-state index is -4.67. The molecule has 3 aromatic rings. The van der Waals surface area contributed by atoms with Crippen molar-refractivity contribution < 1.29 is 26.9 Å². The third kappa shape index (κ3) is 6.43. The fourth-order valence-electron chi connectivity index (χ4n) is 2.84. The van der Waals surface area contributed by atoms with Gasteiger partial charge in [0.1, 0.15) is 6.61 Å². The lowest BCUT2D eigenvalue weighted by molar-refractivity contribution is -0.740. The smallest absolute Gasteiger partial charge is 0.394 e. The topological polar surface area (TPSA) is 92.6 Å². The molecule has 0 atom stereocenters. The van der Waals surface area contributed by atoms with E-state index in [0.29, 0.717) is 6.61 Å². The van der Waals surface area contributed by atoms with Crippen molar-refractivity contribution in [2.24, 2.45) is 14.1 Å². The first-order valence-electron chi connectivity index (χ1n) is 8.51. The monoisotopic (exact) mass is 437 g/mol. The Kier molecular flexibility index (Phi) is 7.98. The molecule has 154 valence electrons. The predicted octanol–water partition coefficient (Wildman–Crippen LogP) is 3.66. The van der Waals surface area contributed by atoms with Crippen molar-refractivity contribution in [2.75, 3.05) is 6.61 Å². The highest BCUT2D eigenvalue weighted by molar-refractivity contribution is 7.79. The van der Waals surface area contributed by atoms with E-state index in [4.69, 9.17) is 33.9 Å². The van der Waals surface area contributed by atoms with Gasteiger partial charge in [0.25, 0.3) is 5.69 Å². The molecule has 29 heavy (non-hydrogen) atoms. The number of aromatic nitrogens is 2. The molecule has 0 saturated carbocycles. The van der Waals surface area contributed by atoms with Gasteiger partial charge in [-0.1, -0.05) is 60.1 Å². The third-order valence-electron chi connectivity index (χ3n) is 4.03. The minimum Gasteiger partial charge on any atom is -0.481 e. The quantitative estimate of drug-likeness (QED) is 0.469. The maximum Gasteiger partial charge on any atom is 0.394 e. The van der Waals surface area contributed by atoms with E-state index in [1.54, 1.807) is 6.08 Å². The molecule has 3 rings (SSSR count). The molecule has 9 heteroatoms. The number of hydrogen-bond donors (Lipinski definition) is 2. The van der Waals surface area contributed by atoms with E-state index in [-0.39, 0.29) is 0 Å². The molecule has 0 aliphatic carbocycles. The van der Waals surface area contributed by atoms with E-state index >= 15 is 0 Å². The van der Waals surface area contributed by atoms with Gasteiger partial charge in [-0.15, -0.1) is 4.68 Å². The Morgan fingerprint density at radius 3 is 2.00 bits per heavy atom. The summed E-state index contributed by atoms with van der Waals surface area (Å²) in [5.74, 6) is 0.854. The summed E-state index contributed by atoms with van der Waals surface area (Å²) in [7, 11) is -0.585. The van der Waals surface area contributed by atoms with Gasteiger partial charge < -0.3 is 4.74 Å². The Morgan fingerprint density at radius 1 is 1.03 bits per heavy atom. The van der Waals surface area contributed by atoms with E-state index in [0.717, 1.165) is 28.3 Å². The van der Waals surface area contributed by atoms with Crippen LogP contribution in [0.2, 0.25) is 0 Å². The summed E-state index contributed by atoms with van der Waals surface area (Å²) in [4.78, 5) is 0. The van der Waals surface area contributed by atoms with Crippen molar-refractivity contribution in [2.45, 2.75) is 0 Å². The van der Waals surface area contributed by atoms with Crippen molar-refractivity contribution in [3.8, 4) is 28.3 Å². The van der Waals surface area contributed by atoms with Crippen LogP contribution in [0.5, 0.6) is 5.75 Å². The van der Waals surface area contributed by atoms with Crippen LogP contribution in [-0.2, 0) is 24.5 Å². The second-order valence-electron chi connectivity index (χ2n) is 5.93. The molecule has 1 heterocycles. The first kappa shape index (κ1) is 22.6. The summed E-state index contributed by atoms with van der Waals surface area (Å²) < 4.78 is 41.9. The number of halogens is 1. The van der Waals surface area contributed by atoms with Crippen molar-refractivity contribution in [1.29, 1.82) is 0 Å². The lowest BCUT2D eigenvalue weighted by Crippen LogP contribution is -2.39. The highest BCUT2D eigenvalue weighted by atomic mass is 35.5. The molecule has 7 nitrogen and oxygen atoms in total. The van der Waals surface area contributed by atoms with Crippen LogP contribution in [0.3, 0.4) is 0 Å². The summed E-state index contributed by atoms with van der Waals surface area (Å²) in [6.07, 6.45) is 1.79. The highest BCUT2D eigenvalue weighted by Gasteiger charge is 2.29. The summed E-state index contributed by atoms with van der Waals surface area (Å²) in [6, 6.07) is 20.5. The van der Waals surface area contributed by atoms with Crippen molar-refractivity contribution >= 4 is 22.0 Å². The van der Waals surface area contributed by atoms with Crippen LogP contribution in [0.4, 0.5) is 0 Å². The van der Waals surface area contributed by atoms with Gasteiger partial charge in [-0.3, -0.25) is 9.11 Å². The molecular weight excluding hydrogens is 416 g/mol. The van der Waals surface area contributed by atoms with Crippen LogP contribution in [-0.4, -0.2) is 28.8 Å². The van der Waals surface area contributed by atoms with Gasteiger partial charge in [-0.25, -0.2) is 0 Å². The summed E-state index contributed by atoms with van der Waals surface area (Å²) in [5, 5.41) is 0. The standard InChI is InChI=1S/C20H20ClN2O.H2O4S/c1-22-18(16-10-5-3-6-11-16)20(24-15-9-14-21)19(23(22)2)17-12-7-4-8-13-17;1-5(2,3)4/h3-14H,15H2,1-2H3;(H2,1,2,3,4)/q+1;. The zero-order valence-electron chi connectivity index (χ0n) is 15.9. The highest BCUT2D eigenvalue weighted by Crippen LogP contribution is 2.37. The van der Waals surface area contributed by atoms with Crippen LogP contribution >= 0.6 is 11.6 Å². The second kappa shape index (κ2) is 10.2. The zero-order valence-corrected chi connectivity index (χ0v) is 17.5. The third-order valence-corrected chi connectivity index (χ3v) is 4.21. The Balaban J connectivity index is 0.000000537. The van der Waals surface area contributed by atoms with Gasteiger partial charge in [-0.2, -0.15) is 13.1 Å². The van der Waals surface area contributed by atoms with Gasteiger partial charge >= 0.3 is 10.4 Å². The fourth-order valence-corrected chi connectivity index (χ4v) is 2.91. The van der Waals surface area contributed by atoms with E-state index in [9.17, 15) is 0 Å². The molecule has 0 saturated heterocycles. The molecule has 2 aromatic carbocycles. The number of benzene rings is 2. The van der Waals surface area contributed by atoms with Crippen molar-refractivity contribution in [3.63, 3.8) is 0 Å². The van der Waals surface area contributed by atoms with Gasteiger partial charge in [0.15, 0.2) is 12.7 Å². The normalized spacial score (nSPS) is 11.2. The molecule has 0 radical (unpaired) electrons. The number of nitrogens with zero attached hydrogens (tertiary/aromatic N) is 2. The van der Waals surface area contributed by atoms with E-state index in [2.05, 4.69) is 33.6 Å². The predicted molar refractivity (Wildman–Crippen MR) is 112 cm³/mol. The van der Waals surface area contributed by atoms with Gasteiger partial charge in [0, 0.05) is 11.1 Å². The van der Waals surface area contributed by atoms with Crippen LogP contribution < -0.4 is 9.42 Å². The SMILES string of the molecule is Cn1c(-c2ccccc2)c(OCC=CCl)c(-c2ccccc2)[n+]1C.O=S(=O)(O)O. The number of hydrogen-bond acceptors (Lipinski definition) is 3. The molecule has 0 aliphatic heterocycles. The molecule has 0 unspecified atom stereocenters. The van der Waals surface area contributed by atoms with Crippen LogP contribution in [0, 0.1) is 0 Å².